The van der Waals surface area contributed by atoms with Crippen molar-refractivity contribution in [2.24, 2.45) is 0 Å². The third-order valence-corrected chi connectivity index (χ3v) is 2.85. The van der Waals surface area contributed by atoms with Crippen molar-refractivity contribution < 1.29 is 14.7 Å². The van der Waals surface area contributed by atoms with Crippen LogP contribution in [0.4, 0.5) is 10.5 Å². The average molecular weight is 306 g/mol. The van der Waals surface area contributed by atoms with Crippen LogP contribution in [0, 0.1) is 0 Å². The maximum Gasteiger partial charge on any atom is 0.335 e. The smallest absolute Gasteiger partial charge is 0.335 e. The van der Waals surface area contributed by atoms with Crippen LogP contribution < -0.4 is 10.6 Å². The van der Waals surface area contributed by atoms with Crippen LogP contribution in [0.25, 0.3) is 0 Å². The summed E-state index contributed by atoms with van der Waals surface area (Å²) in [5, 5.41) is 14.7. The molecule has 7 heteroatoms. The van der Waals surface area contributed by atoms with Crippen molar-refractivity contribution >= 4 is 29.3 Å². The quantitative estimate of drug-likeness (QED) is 0.810. The van der Waals surface area contributed by atoms with E-state index in [2.05, 4.69) is 15.6 Å². The maximum absolute atomic E-state index is 11.7. The van der Waals surface area contributed by atoms with Crippen molar-refractivity contribution in [3.8, 4) is 0 Å². The number of carbonyl (C=O) groups excluding carboxylic acids is 1. The fourth-order valence-electron chi connectivity index (χ4n) is 1.59. The molecule has 2 aromatic rings. The van der Waals surface area contributed by atoms with E-state index in [-0.39, 0.29) is 12.1 Å². The molecule has 0 aliphatic heterocycles. The summed E-state index contributed by atoms with van der Waals surface area (Å²) in [5.74, 6) is -1.04. The molecule has 0 aliphatic carbocycles. The Labute approximate surface area is 125 Å². The average Bonchev–Trinajstić information content (AvgIpc) is 2.48. The van der Waals surface area contributed by atoms with E-state index < -0.39 is 12.0 Å². The topological polar surface area (TPSA) is 91.3 Å². The number of amides is 2. The number of rotatable bonds is 4. The summed E-state index contributed by atoms with van der Waals surface area (Å²) in [4.78, 5) is 26.5. The number of carbonyl (C=O) groups is 2. The van der Waals surface area contributed by atoms with E-state index in [0.717, 1.165) is 0 Å². The molecule has 1 aromatic carbocycles. The molecule has 0 radical (unpaired) electrons. The number of carboxylic acids is 1. The molecule has 1 heterocycles. The Morgan fingerprint density at radius 3 is 2.57 bits per heavy atom. The number of nitrogens with zero attached hydrogens (tertiary/aromatic N) is 1. The summed E-state index contributed by atoms with van der Waals surface area (Å²) in [6.45, 7) is 0.126. The molecule has 0 spiro atoms. The van der Waals surface area contributed by atoms with Gasteiger partial charge in [-0.15, -0.1) is 0 Å². The van der Waals surface area contributed by atoms with Crippen molar-refractivity contribution in [3.05, 3.63) is 58.9 Å². The van der Waals surface area contributed by atoms with Crippen LogP contribution in [-0.2, 0) is 6.54 Å². The highest BCUT2D eigenvalue weighted by Gasteiger charge is 2.06. The lowest BCUT2D eigenvalue weighted by Crippen LogP contribution is -2.28. The lowest BCUT2D eigenvalue weighted by atomic mass is 10.2. The fourth-order valence-corrected chi connectivity index (χ4v) is 1.71. The first-order valence-electron chi connectivity index (χ1n) is 6.03. The molecule has 0 unspecified atom stereocenters. The van der Waals surface area contributed by atoms with E-state index in [9.17, 15) is 9.59 Å². The molecule has 6 nitrogen and oxygen atoms in total. The molecule has 2 rings (SSSR count). The second kappa shape index (κ2) is 6.71. The van der Waals surface area contributed by atoms with E-state index in [1.165, 1.54) is 18.3 Å². The Hall–Kier alpha value is -2.60. The number of carboxylic acid groups (broad SMARTS) is 1. The van der Waals surface area contributed by atoms with Crippen molar-refractivity contribution in [1.82, 2.24) is 10.3 Å². The van der Waals surface area contributed by atoms with E-state index in [1.807, 2.05) is 0 Å². The van der Waals surface area contributed by atoms with Crippen LogP contribution in [-0.4, -0.2) is 22.1 Å². The molecule has 21 heavy (non-hydrogen) atoms. The number of anilines is 1. The Kier molecular flexibility index (Phi) is 4.73. The largest absolute Gasteiger partial charge is 0.478 e. The summed E-state index contributed by atoms with van der Waals surface area (Å²) in [5.41, 5.74) is 1.19. The van der Waals surface area contributed by atoms with Crippen LogP contribution in [0.15, 0.2) is 42.6 Å². The third-order valence-electron chi connectivity index (χ3n) is 2.60. The number of aromatic carboxylic acids is 1. The lowest BCUT2D eigenvalue weighted by Gasteiger charge is -2.07. The number of urea groups is 1. The van der Waals surface area contributed by atoms with Crippen LogP contribution in [0.3, 0.4) is 0 Å². The molecular weight excluding hydrogens is 294 g/mol. The van der Waals surface area contributed by atoms with Gasteiger partial charge < -0.3 is 15.7 Å². The van der Waals surface area contributed by atoms with Crippen molar-refractivity contribution in [1.29, 1.82) is 0 Å². The number of nitrogens with one attached hydrogen (secondary N) is 2. The highest BCUT2D eigenvalue weighted by atomic mass is 35.5. The summed E-state index contributed by atoms with van der Waals surface area (Å²) >= 11 is 5.75. The van der Waals surface area contributed by atoms with Gasteiger partial charge in [0, 0.05) is 16.9 Å². The normalized spacial score (nSPS) is 9.95. The summed E-state index contributed by atoms with van der Waals surface area (Å²) in [6, 6.07) is 9.05. The number of pyridine rings is 1. The summed E-state index contributed by atoms with van der Waals surface area (Å²) in [6.07, 6.45) is 1.39. The number of benzene rings is 1. The van der Waals surface area contributed by atoms with Gasteiger partial charge in [-0.1, -0.05) is 11.6 Å². The molecular formula is C14H12ClN3O3. The molecule has 108 valence electrons. The van der Waals surface area contributed by atoms with Crippen molar-refractivity contribution in [2.45, 2.75) is 6.54 Å². The van der Waals surface area contributed by atoms with Crippen LogP contribution in [0.2, 0.25) is 5.02 Å². The van der Waals surface area contributed by atoms with Crippen molar-refractivity contribution in [3.63, 3.8) is 0 Å². The predicted octanol–water partition coefficient (Wildman–Crippen LogP) is 2.75. The fraction of sp³-hybridized carbons (Fsp3) is 0.0714. The van der Waals surface area contributed by atoms with Crippen LogP contribution in [0.5, 0.6) is 0 Å². The highest BCUT2D eigenvalue weighted by Crippen LogP contribution is 2.13. The Morgan fingerprint density at radius 2 is 1.90 bits per heavy atom. The zero-order valence-electron chi connectivity index (χ0n) is 10.8. The van der Waals surface area contributed by atoms with E-state index in [1.54, 1.807) is 24.3 Å². The minimum absolute atomic E-state index is 0.125. The number of hydrogen-bond acceptors (Lipinski definition) is 3. The zero-order valence-corrected chi connectivity index (χ0v) is 11.6. The minimum atomic E-state index is -1.04. The monoisotopic (exact) mass is 305 g/mol. The van der Waals surface area contributed by atoms with Crippen LogP contribution in [0.1, 0.15) is 16.1 Å². The van der Waals surface area contributed by atoms with Gasteiger partial charge in [0.05, 0.1) is 17.8 Å². The first-order chi connectivity index (χ1) is 10.0. The van der Waals surface area contributed by atoms with E-state index >= 15 is 0 Å². The molecule has 3 N–H and O–H groups in total. The molecule has 0 bridgehead atoms. The molecule has 0 aliphatic rings. The van der Waals surface area contributed by atoms with Crippen LogP contribution >= 0.6 is 11.6 Å². The predicted molar refractivity (Wildman–Crippen MR) is 78.5 cm³/mol. The second-order valence-corrected chi connectivity index (χ2v) is 4.59. The summed E-state index contributed by atoms with van der Waals surface area (Å²) < 4.78 is 0. The van der Waals surface area contributed by atoms with Crippen molar-refractivity contribution in [2.75, 3.05) is 5.32 Å². The maximum atomic E-state index is 11.7. The Bertz CT molecular complexity index is 659. The molecule has 0 saturated carbocycles. The Balaban J connectivity index is 1.90. The van der Waals surface area contributed by atoms with E-state index in [4.69, 9.17) is 16.7 Å². The number of halogens is 1. The molecule has 0 fully saturated rings. The van der Waals surface area contributed by atoms with Gasteiger partial charge >= 0.3 is 12.0 Å². The van der Waals surface area contributed by atoms with Gasteiger partial charge in [0.15, 0.2) is 0 Å². The van der Waals surface area contributed by atoms with Gasteiger partial charge in [-0.2, -0.15) is 0 Å². The molecule has 1 aromatic heterocycles. The SMILES string of the molecule is O=C(NCc1cc(C(=O)O)ccn1)Nc1ccc(Cl)cc1. The molecule has 2 amide bonds. The lowest BCUT2D eigenvalue weighted by molar-refractivity contribution is 0.0696. The van der Waals surface area contributed by atoms with Gasteiger partial charge in [0.25, 0.3) is 0 Å². The first kappa shape index (κ1) is 14.8. The van der Waals surface area contributed by atoms with Gasteiger partial charge in [0.2, 0.25) is 0 Å². The van der Waals surface area contributed by atoms with Gasteiger partial charge in [-0.25, -0.2) is 9.59 Å². The number of aromatic nitrogens is 1. The highest BCUT2D eigenvalue weighted by molar-refractivity contribution is 6.30. The minimum Gasteiger partial charge on any atom is -0.478 e. The summed E-state index contributed by atoms with van der Waals surface area (Å²) in [7, 11) is 0. The third kappa shape index (κ3) is 4.47. The standard InChI is InChI=1S/C14H12ClN3O3/c15-10-1-3-11(4-2-10)18-14(21)17-8-12-7-9(13(19)20)5-6-16-12/h1-7H,8H2,(H,19,20)(H2,17,18,21). The van der Waals surface area contributed by atoms with Gasteiger partial charge in [-0.05, 0) is 36.4 Å². The van der Waals surface area contributed by atoms with Gasteiger partial charge in [0.1, 0.15) is 0 Å². The zero-order chi connectivity index (χ0) is 15.2. The Morgan fingerprint density at radius 1 is 1.19 bits per heavy atom. The number of hydrogen-bond donors (Lipinski definition) is 3. The first-order valence-corrected chi connectivity index (χ1v) is 6.41. The van der Waals surface area contributed by atoms with Gasteiger partial charge in [-0.3, -0.25) is 4.98 Å². The van der Waals surface area contributed by atoms with E-state index in [0.29, 0.717) is 16.4 Å². The molecule has 0 atom stereocenters. The molecule has 0 saturated heterocycles. The second-order valence-electron chi connectivity index (χ2n) is 4.16.